The Kier molecular flexibility index (Phi) is 4.77. The highest BCUT2D eigenvalue weighted by Gasteiger charge is 2.17. The number of fused-ring (bicyclic) bond motifs is 3. The van der Waals surface area contributed by atoms with Gasteiger partial charge < -0.3 is 4.57 Å². The quantitative estimate of drug-likeness (QED) is 0.280. The summed E-state index contributed by atoms with van der Waals surface area (Å²) in [5.41, 5.74) is 8.30. The highest BCUT2D eigenvalue weighted by molar-refractivity contribution is 6.10. The van der Waals surface area contributed by atoms with Gasteiger partial charge in [-0.2, -0.15) is 0 Å². The van der Waals surface area contributed by atoms with E-state index in [9.17, 15) is 0 Å². The molecule has 2 nitrogen and oxygen atoms in total. The molecule has 0 amide bonds. The van der Waals surface area contributed by atoms with Gasteiger partial charge in [0.1, 0.15) is 0 Å². The molecule has 2 heteroatoms. The first-order chi connectivity index (χ1) is 16.3. The molecular weight excluding hydrogens is 400 g/mol. The van der Waals surface area contributed by atoms with E-state index in [4.69, 9.17) is 4.98 Å². The van der Waals surface area contributed by atoms with Crippen LogP contribution in [0.4, 0.5) is 0 Å². The van der Waals surface area contributed by atoms with Crippen LogP contribution in [0.5, 0.6) is 0 Å². The number of rotatable bonds is 4. The molecule has 2 heterocycles. The highest BCUT2D eigenvalue weighted by Crippen LogP contribution is 2.37. The normalized spacial score (nSPS) is 12.3. The Hall–Kier alpha value is -4.17. The molecule has 6 rings (SSSR count). The van der Waals surface area contributed by atoms with Crippen LogP contribution < -0.4 is 0 Å². The van der Waals surface area contributed by atoms with Crippen LogP contribution in [0, 0.1) is 0 Å². The summed E-state index contributed by atoms with van der Waals surface area (Å²) >= 11 is 0. The summed E-state index contributed by atoms with van der Waals surface area (Å²) in [6.45, 7) is 2.26. The molecular formula is C31H24N2. The fourth-order valence-electron chi connectivity index (χ4n) is 4.90. The maximum Gasteiger partial charge on any atom is 0.0740 e. The van der Waals surface area contributed by atoms with Crippen LogP contribution in [0.3, 0.4) is 0 Å². The summed E-state index contributed by atoms with van der Waals surface area (Å²) in [4.78, 5) is 4.85. The lowest BCUT2D eigenvalue weighted by Crippen LogP contribution is -2.00. The standard InChI is InChI=1S/C31H24N2/c1-22(23-11-4-2-5-12-23)26-16-10-20-32-31(26)24-18-19-28-27-15-8-9-17-29(27)33(30(28)21-24)25-13-6-3-7-14-25/h2-22H,1H3. The van der Waals surface area contributed by atoms with Crippen molar-refractivity contribution >= 4 is 21.8 Å². The Labute approximate surface area is 193 Å². The molecule has 6 aromatic rings. The maximum absolute atomic E-state index is 4.85. The van der Waals surface area contributed by atoms with E-state index < -0.39 is 0 Å². The molecule has 0 spiro atoms. The molecule has 0 aliphatic carbocycles. The van der Waals surface area contributed by atoms with Crippen LogP contribution in [-0.2, 0) is 0 Å². The van der Waals surface area contributed by atoms with E-state index in [0.29, 0.717) is 0 Å². The molecule has 0 saturated heterocycles. The fraction of sp³-hybridized carbons (Fsp3) is 0.0645. The van der Waals surface area contributed by atoms with Gasteiger partial charge in [0, 0.05) is 34.1 Å². The Morgan fingerprint density at radius 2 is 1.33 bits per heavy atom. The predicted octanol–water partition coefficient (Wildman–Crippen LogP) is 8.00. The molecule has 1 unspecified atom stereocenters. The van der Waals surface area contributed by atoms with Gasteiger partial charge in [-0.05, 0) is 41.5 Å². The van der Waals surface area contributed by atoms with Gasteiger partial charge in [-0.1, -0.05) is 91.9 Å². The summed E-state index contributed by atoms with van der Waals surface area (Å²) in [6, 6.07) is 40.9. The Morgan fingerprint density at radius 1 is 0.636 bits per heavy atom. The first-order valence-corrected chi connectivity index (χ1v) is 11.4. The molecule has 4 aromatic carbocycles. The second-order valence-corrected chi connectivity index (χ2v) is 8.49. The van der Waals surface area contributed by atoms with Crippen molar-refractivity contribution in [1.82, 2.24) is 9.55 Å². The van der Waals surface area contributed by atoms with Crippen molar-refractivity contribution in [3.05, 3.63) is 133 Å². The van der Waals surface area contributed by atoms with Gasteiger partial charge in [0.05, 0.1) is 16.7 Å². The smallest absolute Gasteiger partial charge is 0.0740 e. The van der Waals surface area contributed by atoms with Crippen molar-refractivity contribution in [2.24, 2.45) is 0 Å². The van der Waals surface area contributed by atoms with E-state index in [1.807, 2.05) is 12.3 Å². The van der Waals surface area contributed by atoms with Crippen LogP contribution in [0.25, 0.3) is 38.8 Å². The van der Waals surface area contributed by atoms with E-state index >= 15 is 0 Å². The predicted molar refractivity (Wildman–Crippen MR) is 138 cm³/mol. The molecule has 0 fully saturated rings. The maximum atomic E-state index is 4.85. The van der Waals surface area contributed by atoms with Crippen molar-refractivity contribution in [2.45, 2.75) is 12.8 Å². The van der Waals surface area contributed by atoms with Gasteiger partial charge in [0.2, 0.25) is 0 Å². The highest BCUT2D eigenvalue weighted by atomic mass is 15.0. The average Bonchev–Trinajstić information content (AvgIpc) is 3.23. The monoisotopic (exact) mass is 424 g/mol. The van der Waals surface area contributed by atoms with Gasteiger partial charge in [-0.25, -0.2) is 0 Å². The molecule has 33 heavy (non-hydrogen) atoms. The minimum absolute atomic E-state index is 0.255. The van der Waals surface area contributed by atoms with E-state index in [1.165, 1.54) is 38.6 Å². The molecule has 0 N–H and O–H groups in total. The third-order valence-corrected chi connectivity index (χ3v) is 6.57. The Bertz CT molecular complexity index is 1560. The number of para-hydroxylation sites is 2. The fourth-order valence-corrected chi connectivity index (χ4v) is 4.90. The number of hydrogen-bond acceptors (Lipinski definition) is 1. The first-order valence-electron chi connectivity index (χ1n) is 11.4. The van der Waals surface area contributed by atoms with Crippen molar-refractivity contribution in [3.63, 3.8) is 0 Å². The zero-order chi connectivity index (χ0) is 22.2. The third-order valence-electron chi connectivity index (χ3n) is 6.57. The van der Waals surface area contributed by atoms with Crippen molar-refractivity contribution < 1.29 is 0 Å². The Morgan fingerprint density at radius 3 is 2.15 bits per heavy atom. The Balaban J connectivity index is 1.59. The molecule has 158 valence electrons. The molecule has 0 radical (unpaired) electrons. The average molecular weight is 425 g/mol. The van der Waals surface area contributed by atoms with E-state index in [1.54, 1.807) is 0 Å². The molecule has 0 saturated carbocycles. The van der Waals surface area contributed by atoms with Gasteiger partial charge >= 0.3 is 0 Å². The van der Waals surface area contributed by atoms with E-state index in [-0.39, 0.29) is 5.92 Å². The van der Waals surface area contributed by atoms with Gasteiger partial charge in [0.25, 0.3) is 0 Å². The largest absolute Gasteiger partial charge is 0.309 e. The van der Waals surface area contributed by atoms with Crippen LogP contribution in [-0.4, -0.2) is 9.55 Å². The number of nitrogens with zero attached hydrogens (tertiary/aromatic N) is 2. The summed E-state index contributed by atoms with van der Waals surface area (Å²) < 4.78 is 2.36. The van der Waals surface area contributed by atoms with E-state index in [0.717, 1.165) is 11.3 Å². The number of aromatic nitrogens is 2. The zero-order valence-corrected chi connectivity index (χ0v) is 18.5. The summed E-state index contributed by atoms with van der Waals surface area (Å²) in [5, 5.41) is 2.52. The third kappa shape index (κ3) is 3.32. The topological polar surface area (TPSA) is 17.8 Å². The molecule has 0 aliphatic rings. The molecule has 2 aromatic heterocycles. The minimum Gasteiger partial charge on any atom is -0.309 e. The van der Waals surface area contributed by atoms with Crippen LogP contribution in [0.1, 0.15) is 24.0 Å². The van der Waals surface area contributed by atoms with Crippen LogP contribution in [0.2, 0.25) is 0 Å². The second kappa shape index (κ2) is 8.07. The van der Waals surface area contributed by atoms with Crippen LogP contribution >= 0.6 is 0 Å². The molecule has 0 bridgehead atoms. The van der Waals surface area contributed by atoms with Crippen molar-refractivity contribution in [1.29, 1.82) is 0 Å². The van der Waals surface area contributed by atoms with E-state index in [2.05, 4.69) is 121 Å². The minimum atomic E-state index is 0.255. The number of pyridine rings is 1. The second-order valence-electron chi connectivity index (χ2n) is 8.49. The zero-order valence-electron chi connectivity index (χ0n) is 18.5. The lowest BCUT2D eigenvalue weighted by Gasteiger charge is -2.17. The first kappa shape index (κ1) is 19.5. The van der Waals surface area contributed by atoms with Gasteiger partial charge in [-0.15, -0.1) is 0 Å². The molecule has 1 atom stereocenters. The van der Waals surface area contributed by atoms with Crippen molar-refractivity contribution in [2.75, 3.05) is 0 Å². The number of benzene rings is 4. The SMILES string of the molecule is CC(c1ccccc1)c1cccnc1-c1ccc2c3ccccc3n(-c3ccccc3)c2c1. The summed E-state index contributed by atoms with van der Waals surface area (Å²) in [7, 11) is 0. The lowest BCUT2D eigenvalue weighted by molar-refractivity contribution is 0.915. The molecule has 0 aliphatic heterocycles. The lowest BCUT2D eigenvalue weighted by atomic mass is 9.90. The summed E-state index contributed by atoms with van der Waals surface area (Å²) in [6.07, 6.45) is 1.90. The van der Waals surface area contributed by atoms with Crippen LogP contribution in [0.15, 0.2) is 121 Å². The van der Waals surface area contributed by atoms with Gasteiger partial charge in [0.15, 0.2) is 0 Å². The summed E-state index contributed by atoms with van der Waals surface area (Å²) in [5.74, 6) is 0.255. The van der Waals surface area contributed by atoms with Gasteiger partial charge in [-0.3, -0.25) is 4.98 Å². The van der Waals surface area contributed by atoms with Crippen molar-refractivity contribution in [3.8, 4) is 16.9 Å². The number of hydrogen-bond donors (Lipinski definition) is 0.